The number of benzene rings is 1. The molecular formula is C22H33N5O. The predicted molar refractivity (Wildman–Crippen MR) is 109 cm³/mol. The Morgan fingerprint density at radius 1 is 0.964 bits per heavy atom. The fourth-order valence-electron chi connectivity index (χ4n) is 5.97. The van der Waals surface area contributed by atoms with Gasteiger partial charge in [0.05, 0.1) is 0 Å². The topological polar surface area (TPSA) is 68.4 Å². The minimum absolute atomic E-state index is 0.0383. The summed E-state index contributed by atoms with van der Waals surface area (Å²) in [5.41, 5.74) is 15.1. The molecule has 6 atom stereocenters. The van der Waals surface area contributed by atoms with Crippen LogP contribution in [-0.4, -0.2) is 48.6 Å². The first-order valence-electron chi connectivity index (χ1n) is 11.1. The molecule has 3 heterocycles. The zero-order valence-corrected chi connectivity index (χ0v) is 16.6. The van der Waals surface area contributed by atoms with Crippen LogP contribution in [0.15, 0.2) is 30.3 Å². The molecule has 1 aromatic carbocycles. The van der Waals surface area contributed by atoms with Gasteiger partial charge in [-0.25, -0.2) is 5.43 Å². The van der Waals surface area contributed by atoms with Crippen molar-refractivity contribution in [2.24, 2.45) is 11.8 Å². The molecule has 0 aromatic heterocycles. The third-order valence-corrected chi connectivity index (χ3v) is 7.47. The van der Waals surface area contributed by atoms with Gasteiger partial charge in [0, 0.05) is 43.6 Å². The lowest BCUT2D eigenvalue weighted by atomic mass is 9.79. The third-order valence-electron chi connectivity index (χ3n) is 7.47. The van der Waals surface area contributed by atoms with Crippen molar-refractivity contribution < 1.29 is 4.79 Å². The Morgan fingerprint density at radius 2 is 1.82 bits per heavy atom. The summed E-state index contributed by atoms with van der Waals surface area (Å²) in [4.78, 5) is 15.5. The maximum absolute atomic E-state index is 13.4. The van der Waals surface area contributed by atoms with E-state index >= 15 is 0 Å². The highest BCUT2D eigenvalue weighted by Crippen LogP contribution is 2.34. The Kier molecular flexibility index (Phi) is 5.37. The first-order valence-corrected chi connectivity index (χ1v) is 11.1. The van der Waals surface area contributed by atoms with Gasteiger partial charge in [0.1, 0.15) is 6.04 Å². The highest BCUT2D eigenvalue weighted by molar-refractivity contribution is 5.82. The molecular weight excluding hydrogens is 350 g/mol. The van der Waals surface area contributed by atoms with Crippen LogP contribution >= 0.6 is 0 Å². The summed E-state index contributed by atoms with van der Waals surface area (Å²) in [6, 6.07) is 11.6. The fraction of sp³-hybridized carbons (Fsp3) is 0.682. The number of hydrazine groups is 2. The average Bonchev–Trinajstić information content (AvgIpc) is 3.41. The molecule has 4 fully saturated rings. The lowest BCUT2D eigenvalue weighted by Crippen LogP contribution is -2.53. The van der Waals surface area contributed by atoms with Crippen molar-refractivity contribution in [3.05, 3.63) is 35.9 Å². The van der Waals surface area contributed by atoms with Crippen molar-refractivity contribution in [1.29, 1.82) is 0 Å². The minimum atomic E-state index is -0.0383. The summed E-state index contributed by atoms with van der Waals surface area (Å²) in [7, 11) is 0. The van der Waals surface area contributed by atoms with E-state index in [1.54, 1.807) is 0 Å². The van der Waals surface area contributed by atoms with Gasteiger partial charge in [-0.15, -0.1) is 0 Å². The number of likely N-dealkylation sites (tertiary alicyclic amines) is 1. The molecule has 6 unspecified atom stereocenters. The molecule has 3 saturated heterocycles. The molecule has 4 N–H and O–H groups in total. The van der Waals surface area contributed by atoms with Gasteiger partial charge >= 0.3 is 0 Å². The second kappa shape index (κ2) is 8.11. The van der Waals surface area contributed by atoms with E-state index in [9.17, 15) is 4.79 Å². The molecule has 1 aliphatic carbocycles. The molecule has 0 radical (unpaired) electrons. The van der Waals surface area contributed by atoms with E-state index in [-0.39, 0.29) is 6.04 Å². The Hall–Kier alpha value is -1.47. The van der Waals surface area contributed by atoms with Crippen LogP contribution in [0.25, 0.3) is 0 Å². The van der Waals surface area contributed by atoms with Gasteiger partial charge in [-0.2, -0.15) is 0 Å². The number of nitrogens with one attached hydrogen (secondary N) is 4. The molecule has 4 aliphatic rings. The van der Waals surface area contributed by atoms with Crippen LogP contribution in [0.2, 0.25) is 0 Å². The maximum atomic E-state index is 13.4. The Bertz CT molecular complexity index is 683. The zero-order chi connectivity index (χ0) is 18.9. The van der Waals surface area contributed by atoms with Crippen LogP contribution in [0.5, 0.6) is 0 Å². The monoisotopic (exact) mass is 383 g/mol. The molecule has 0 bridgehead atoms. The summed E-state index contributed by atoms with van der Waals surface area (Å²) >= 11 is 0. The Balaban J connectivity index is 1.26. The lowest BCUT2D eigenvalue weighted by Gasteiger charge is -2.39. The molecule has 1 saturated carbocycles. The molecule has 6 nitrogen and oxygen atoms in total. The number of amides is 1. The molecule has 1 amide bonds. The lowest BCUT2D eigenvalue weighted by molar-refractivity contribution is -0.136. The highest BCUT2D eigenvalue weighted by Gasteiger charge is 2.44. The van der Waals surface area contributed by atoms with E-state index in [1.165, 1.54) is 37.7 Å². The first-order chi connectivity index (χ1) is 13.8. The minimum Gasteiger partial charge on any atom is -0.341 e. The van der Waals surface area contributed by atoms with Crippen LogP contribution in [0.4, 0.5) is 0 Å². The zero-order valence-electron chi connectivity index (χ0n) is 16.6. The SMILES string of the molecule is O=C(C1NNC2CCCCC21)N1CCCC(C2NNCC2c2ccccc2)C1. The van der Waals surface area contributed by atoms with Crippen LogP contribution in [0.3, 0.4) is 0 Å². The number of carbonyl (C=O) groups is 1. The van der Waals surface area contributed by atoms with Crippen LogP contribution in [-0.2, 0) is 4.79 Å². The van der Waals surface area contributed by atoms with Crippen molar-refractivity contribution in [2.45, 2.75) is 62.6 Å². The Labute approximate surface area is 167 Å². The number of hydrogen-bond acceptors (Lipinski definition) is 5. The van der Waals surface area contributed by atoms with Crippen molar-refractivity contribution in [2.75, 3.05) is 19.6 Å². The van der Waals surface area contributed by atoms with Crippen molar-refractivity contribution in [3.8, 4) is 0 Å². The van der Waals surface area contributed by atoms with E-state index in [0.29, 0.717) is 35.7 Å². The number of hydrogen-bond donors (Lipinski definition) is 4. The Morgan fingerprint density at radius 3 is 2.71 bits per heavy atom. The highest BCUT2D eigenvalue weighted by atomic mass is 16.2. The largest absolute Gasteiger partial charge is 0.341 e. The molecule has 3 aliphatic heterocycles. The van der Waals surface area contributed by atoms with Crippen LogP contribution < -0.4 is 21.7 Å². The molecule has 0 spiro atoms. The van der Waals surface area contributed by atoms with Gasteiger partial charge in [-0.3, -0.25) is 21.1 Å². The number of nitrogens with zero attached hydrogens (tertiary/aromatic N) is 1. The van der Waals surface area contributed by atoms with Gasteiger partial charge in [0.2, 0.25) is 5.91 Å². The van der Waals surface area contributed by atoms with E-state index in [1.807, 2.05) is 0 Å². The van der Waals surface area contributed by atoms with E-state index < -0.39 is 0 Å². The molecule has 152 valence electrons. The van der Waals surface area contributed by atoms with Gasteiger partial charge < -0.3 is 4.90 Å². The maximum Gasteiger partial charge on any atom is 0.241 e. The van der Waals surface area contributed by atoms with E-state index in [2.05, 4.69) is 56.9 Å². The smallest absolute Gasteiger partial charge is 0.241 e. The standard InChI is InChI=1S/C22H33N5O/c28-22(21-17-10-4-5-11-19(17)24-26-21)27-12-6-9-16(14-27)20-18(13-23-25-20)15-7-2-1-3-8-15/h1-3,7-8,16-21,23-26H,4-6,9-14H2. The quantitative estimate of drug-likeness (QED) is 0.637. The van der Waals surface area contributed by atoms with E-state index in [0.717, 1.165) is 26.1 Å². The number of rotatable bonds is 3. The second-order valence-electron chi connectivity index (χ2n) is 9.08. The van der Waals surface area contributed by atoms with Crippen molar-refractivity contribution in [3.63, 3.8) is 0 Å². The molecule has 1 aromatic rings. The molecule has 6 heteroatoms. The number of carbonyl (C=O) groups excluding carboxylic acids is 1. The summed E-state index contributed by atoms with van der Waals surface area (Å²) < 4.78 is 0. The van der Waals surface area contributed by atoms with Gasteiger partial charge in [-0.1, -0.05) is 43.2 Å². The molecule has 5 rings (SSSR count). The van der Waals surface area contributed by atoms with Gasteiger partial charge in [0.25, 0.3) is 0 Å². The summed E-state index contributed by atoms with van der Waals surface area (Å²) in [6.07, 6.45) is 7.19. The van der Waals surface area contributed by atoms with Gasteiger partial charge in [0.15, 0.2) is 0 Å². The first kappa shape index (κ1) is 18.6. The summed E-state index contributed by atoms with van der Waals surface area (Å²) in [5.74, 6) is 1.74. The number of piperidine rings is 1. The summed E-state index contributed by atoms with van der Waals surface area (Å²) in [5, 5.41) is 0. The second-order valence-corrected chi connectivity index (χ2v) is 9.08. The normalized spacial score (nSPS) is 38.4. The predicted octanol–water partition coefficient (Wildman–Crippen LogP) is 1.52. The summed E-state index contributed by atoms with van der Waals surface area (Å²) in [6.45, 7) is 2.73. The van der Waals surface area contributed by atoms with Crippen molar-refractivity contribution >= 4 is 5.91 Å². The average molecular weight is 384 g/mol. The fourth-order valence-corrected chi connectivity index (χ4v) is 5.97. The van der Waals surface area contributed by atoms with E-state index in [4.69, 9.17) is 0 Å². The number of fused-ring (bicyclic) bond motifs is 1. The van der Waals surface area contributed by atoms with Crippen LogP contribution in [0.1, 0.15) is 50.0 Å². The third kappa shape index (κ3) is 3.47. The van der Waals surface area contributed by atoms with Crippen LogP contribution in [0, 0.1) is 11.8 Å². The van der Waals surface area contributed by atoms with Gasteiger partial charge in [-0.05, 0) is 37.2 Å². The van der Waals surface area contributed by atoms with Crippen molar-refractivity contribution in [1.82, 2.24) is 26.6 Å². The molecule has 28 heavy (non-hydrogen) atoms.